The van der Waals surface area contributed by atoms with E-state index in [0.717, 1.165) is 88.2 Å². The summed E-state index contributed by atoms with van der Waals surface area (Å²) < 4.78 is 10.5. The summed E-state index contributed by atoms with van der Waals surface area (Å²) in [5, 5.41) is 5.01. The van der Waals surface area contributed by atoms with E-state index in [9.17, 15) is 14.4 Å². The predicted octanol–water partition coefficient (Wildman–Crippen LogP) is 8.79. The average molecular weight is 758 g/mol. The predicted molar refractivity (Wildman–Crippen MR) is 214 cm³/mol. The lowest BCUT2D eigenvalue weighted by Crippen LogP contribution is -2.54. The molecule has 2 aromatic heterocycles. The zero-order chi connectivity index (χ0) is 39.3. The number of fused-ring (bicyclic) bond motifs is 3. The molecule has 5 atom stereocenters. The largest absolute Gasteiger partial charge is 0.453 e. The van der Waals surface area contributed by atoms with Crippen LogP contribution in [0.1, 0.15) is 90.5 Å². The molecule has 12 nitrogen and oxygen atoms in total. The van der Waals surface area contributed by atoms with Crippen LogP contribution in [0.4, 0.5) is 9.59 Å². The summed E-state index contributed by atoms with van der Waals surface area (Å²) in [6.45, 7) is 10.2. The molecule has 0 radical (unpaired) electrons. The zero-order valence-electron chi connectivity index (χ0n) is 33.0. The van der Waals surface area contributed by atoms with Gasteiger partial charge in [-0.25, -0.2) is 19.6 Å². The van der Waals surface area contributed by atoms with Crippen LogP contribution in [0.2, 0.25) is 0 Å². The molecule has 292 valence electrons. The number of methoxy groups -OCH3 is 1. The quantitative estimate of drug-likeness (QED) is 0.143. The summed E-state index contributed by atoms with van der Waals surface area (Å²) in [5.74, 6) is 1.71. The third-order valence-electron chi connectivity index (χ3n) is 11.6. The van der Waals surface area contributed by atoms with Gasteiger partial charge in [0.1, 0.15) is 23.3 Å². The van der Waals surface area contributed by atoms with Crippen LogP contribution in [-0.4, -0.2) is 79.2 Å². The summed E-state index contributed by atoms with van der Waals surface area (Å²) in [4.78, 5) is 59.2. The number of benzene rings is 3. The Morgan fingerprint density at radius 1 is 0.821 bits per heavy atom. The minimum Gasteiger partial charge on any atom is -0.453 e. The Kier molecular flexibility index (Phi) is 9.84. The number of likely N-dealkylation sites (tertiary alicyclic amines) is 2. The lowest BCUT2D eigenvalue weighted by Gasteiger charge is -2.37. The summed E-state index contributed by atoms with van der Waals surface area (Å²) >= 11 is 0. The van der Waals surface area contributed by atoms with Crippen LogP contribution >= 0.6 is 0 Å². The molecule has 3 aliphatic rings. The summed E-state index contributed by atoms with van der Waals surface area (Å²) in [7, 11) is 1.31. The molecule has 8 rings (SSSR count). The molecule has 0 spiro atoms. The second kappa shape index (κ2) is 14.8. The number of aromatic nitrogens is 4. The number of nitrogens with zero attached hydrogens (tertiary/aromatic N) is 4. The first-order valence-electron chi connectivity index (χ1n) is 19.8. The molecular formula is C44H51N7O5. The first-order valence-corrected chi connectivity index (χ1v) is 19.8. The third kappa shape index (κ3) is 7.24. The van der Waals surface area contributed by atoms with Crippen LogP contribution in [-0.2, 0) is 14.3 Å². The van der Waals surface area contributed by atoms with Crippen LogP contribution < -0.4 is 5.32 Å². The van der Waals surface area contributed by atoms with E-state index < -0.39 is 17.7 Å². The second-order valence-corrected chi connectivity index (χ2v) is 16.8. The average Bonchev–Trinajstić information content (AvgIpc) is 4.04. The fraction of sp³-hybridized carbons (Fsp3) is 0.432. The SMILES string of the molecule is COC(=O)NC(C(=O)N1[C@@H]2CC[C@@H](C2)[C@H]1c1ncc(-c2ccc(-c3ccc4cc(-c5cnc([C@@H]6CCCN6C(=O)OC(C)(C)C)[nH]5)ccc4c3)cc2)[nH]1)C(C)C. The van der Waals surface area contributed by atoms with Crippen molar-refractivity contribution in [2.45, 2.75) is 96.5 Å². The van der Waals surface area contributed by atoms with Gasteiger partial charge in [0.25, 0.3) is 0 Å². The van der Waals surface area contributed by atoms with Gasteiger partial charge in [-0.3, -0.25) is 9.69 Å². The number of amides is 3. The lowest BCUT2D eigenvalue weighted by molar-refractivity contribution is -0.139. The molecule has 2 saturated heterocycles. The number of carbonyl (C=O) groups is 3. The van der Waals surface area contributed by atoms with Crippen molar-refractivity contribution in [3.63, 3.8) is 0 Å². The van der Waals surface area contributed by atoms with Gasteiger partial charge in [0, 0.05) is 18.2 Å². The Morgan fingerprint density at radius 3 is 2.14 bits per heavy atom. The number of ether oxygens (including phenoxy) is 2. The molecule has 3 fully saturated rings. The lowest BCUT2D eigenvalue weighted by atomic mass is 9.95. The Labute approximate surface area is 327 Å². The Bertz CT molecular complexity index is 2250. The van der Waals surface area contributed by atoms with Crippen molar-refractivity contribution < 1.29 is 23.9 Å². The number of hydrogen-bond donors (Lipinski definition) is 3. The van der Waals surface area contributed by atoms with Gasteiger partial charge in [0.2, 0.25) is 5.91 Å². The molecular weight excluding hydrogens is 707 g/mol. The van der Waals surface area contributed by atoms with Gasteiger partial charge in [0.05, 0.1) is 43.0 Å². The van der Waals surface area contributed by atoms with Crippen molar-refractivity contribution in [2.24, 2.45) is 11.8 Å². The van der Waals surface area contributed by atoms with Crippen molar-refractivity contribution in [3.05, 3.63) is 84.7 Å². The minimum atomic E-state index is -0.672. The van der Waals surface area contributed by atoms with Gasteiger partial charge in [-0.1, -0.05) is 62.4 Å². The maximum Gasteiger partial charge on any atom is 0.410 e. The Hall–Kier alpha value is -5.65. The van der Waals surface area contributed by atoms with Crippen molar-refractivity contribution >= 4 is 28.9 Å². The normalized spacial score (nSPS) is 21.2. The molecule has 3 N–H and O–H groups in total. The van der Waals surface area contributed by atoms with Crippen LogP contribution in [0.25, 0.3) is 44.4 Å². The zero-order valence-corrected chi connectivity index (χ0v) is 33.0. The maximum atomic E-state index is 13.9. The third-order valence-corrected chi connectivity index (χ3v) is 11.6. The summed E-state index contributed by atoms with van der Waals surface area (Å²) in [6, 6.07) is 20.5. The number of alkyl carbamates (subject to hydrolysis) is 1. The number of imidazole rings is 2. The van der Waals surface area contributed by atoms with E-state index in [0.29, 0.717) is 12.5 Å². The van der Waals surface area contributed by atoms with Crippen molar-refractivity contribution in [3.8, 4) is 33.6 Å². The highest BCUT2D eigenvalue weighted by Crippen LogP contribution is 2.50. The molecule has 1 saturated carbocycles. The molecule has 2 aliphatic heterocycles. The second-order valence-electron chi connectivity index (χ2n) is 16.8. The smallest absolute Gasteiger partial charge is 0.410 e. The number of hydrogen-bond acceptors (Lipinski definition) is 7. The van der Waals surface area contributed by atoms with Crippen LogP contribution in [0.15, 0.2) is 73.1 Å². The van der Waals surface area contributed by atoms with Gasteiger partial charge in [-0.15, -0.1) is 0 Å². The Balaban J connectivity index is 0.962. The molecule has 2 bridgehead atoms. The first-order chi connectivity index (χ1) is 26.9. The summed E-state index contributed by atoms with van der Waals surface area (Å²) in [5.41, 5.74) is 5.52. The monoisotopic (exact) mass is 757 g/mol. The molecule has 5 aromatic rings. The van der Waals surface area contributed by atoms with E-state index in [4.69, 9.17) is 14.5 Å². The Morgan fingerprint density at radius 2 is 1.45 bits per heavy atom. The number of aromatic amines is 2. The van der Waals surface area contributed by atoms with Crippen LogP contribution in [0.3, 0.4) is 0 Å². The number of carbonyl (C=O) groups excluding carboxylic acids is 3. The fourth-order valence-electron chi connectivity index (χ4n) is 8.83. The van der Waals surface area contributed by atoms with Crippen LogP contribution in [0, 0.1) is 11.8 Å². The van der Waals surface area contributed by atoms with Crippen molar-refractivity contribution in [2.75, 3.05) is 13.7 Å². The highest BCUT2D eigenvalue weighted by atomic mass is 16.6. The minimum absolute atomic E-state index is 0.0838. The van der Waals surface area contributed by atoms with E-state index in [1.807, 2.05) is 51.9 Å². The van der Waals surface area contributed by atoms with E-state index >= 15 is 0 Å². The van der Waals surface area contributed by atoms with Crippen molar-refractivity contribution in [1.29, 1.82) is 0 Å². The van der Waals surface area contributed by atoms with E-state index in [-0.39, 0.29) is 36.0 Å². The maximum absolute atomic E-state index is 13.9. The molecule has 1 unspecified atom stereocenters. The van der Waals surface area contributed by atoms with Gasteiger partial charge < -0.3 is 29.7 Å². The topological polar surface area (TPSA) is 146 Å². The molecule has 1 aliphatic carbocycles. The molecule has 3 amide bonds. The van der Waals surface area contributed by atoms with E-state index in [2.05, 4.69) is 80.9 Å². The number of H-pyrrole nitrogens is 2. The van der Waals surface area contributed by atoms with Crippen LogP contribution in [0.5, 0.6) is 0 Å². The van der Waals surface area contributed by atoms with Crippen molar-refractivity contribution in [1.82, 2.24) is 35.1 Å². The van der Waals surface area contributed by atoms with Gasteiger partial charge in [0.15, 0.2) is 0 Å². The fourth-order valence-corrected chi connectivity index (χ4v) is 8.83. The highest BCUT2D eigenvalue weighted by molar-refractivity contribution is 5.91. The standard InChI is InChI=1S/C44H51N7O5/c1-25(2)37(49-42(53)55-6)41(52)51-33-18-17-32(22-33)38(51)40-46-23-34(48-40)27-11-9-26(10-12-27)28-13-14-30-21-31(16-15-29(30)20-28)35-24-45-39(47-35)36-8-7-19-50(36)43(54)56-44(3,4)5/h9-16,20-21,23-25,32-33,36-38H,7-8,17-19,22H2,1-6H3,(H,45,47)(H,46,48)(H,49,53)/t32-,33+,36-,37?,38-/m0/s1. The highest BCUT2D eigenvalue weighted by Gasteiger charge is 2.51. The molecule has 3 aromatic carbocycles. The number of piperidine rings is 1. The number of nitrogens with one attached hydrogen (secondary N) is 3. The number of rotatable bonds is 8. The molecule has 4 heterocycles. The van der Waals surface area contributed by atoms with E-state index in [1.54, 1.807) is 4.90 Å². The van der Waals surface area contributed by atoms with Gasteiger partial charge in [-0.05, 0) is 104 Å². The van der Waals surface area contributed by atoms with E-state index in [1.165, 1.54) is 7.11 Å². The van der Waals surface area contributed by atoms with Gasteiger partial charge >= 0.3 is 12.2 Å². The summed E-state index contributed by atoms with van der Waals surface area (Å²) in [6.07, 6.45) is 7.51. The van der Waals surface area contributed by atoms with Gasteiger partial charge in [-0.2, -0.15) is 0 Å². The first kappa shape index (κ1) is 37.3. The molecule has 56 heavy (non-hydrogen) atoms. The molecule has 12 heteroatoms.